The van der Waals surface area contributed by atoms with E-state index in [1.54, 1.807) is 18.2 Å². The molecule has 0 saturated heterocycles. The van der Waals surface area contributed by atoms with E-state index in [0.717, 1.165) is 31.2 Å². The molecule has 0 spiro atoms. The van der Waals surface area contributed by atoms with Crippen LogP contribution < -0.4 is 0 Å². The van der Waals surface area contributed by atoms with Crippen molar-refractivity contribution >= 4 is 17.6 Å². The molecule has 0 aliphatic rings. The molecule has 0 radical (unpaired) electrons. The molecular weight excluding hydrogens is 334 g/mol. The first-order valence-electron chi connectivity index (χ1n) is 9.62. The molecule has 0 aromatic heterocycles. The van der Waals surface area contributed by atoms with E-state index < -0.39 is 0 Å². The summed E-state index contributed by atoms with van der Waals surface area (Å²) in [6.07, 6.45) is 6.18. The van der Waals surface area contributed by atoms with Crippen molar-refractivity contribution in [2.75, 3.05) is 6.61 Å². The number of nitrogens with zero attached hydrogens (tertiary/aromatic N) is 1. The van der Waals surface area contributed by atoms with E-state index in [1.807, 2.05) is 42.5 Å². The van der Waals surface area contributed by atoms with Gasteiger partial charge in [0.1, 0.15) is 0 Å². The largest absolute Gasteiger partial charge is 0.462 e. The molecular formula is C24H27NO2. The van der Waals surface area contributed by atoms with Crippen molar-refractivity contribution in [3.05, 3.63) is 71.3 Å². The Hall–Kier alpha value is -2.86. The monoisotopic (exact) mass is 361 g/mol. The second-order valence-electron chi connectivity index (χ2n) is 6.68. The lowest BCUT2D eigenvalue weighted by Gasteiger charge is -2.16. The SMILES string of the molecule is CCCCC(CC)COC(=O)/C(=C\c1ccccc1)c1cccc(C#N)c1. The van der Waals surface area contributed by atoms with E-state index in [2.05, 4.69) is 19.9 Å². The van der Waals surface area contributed by atoms with Crippen molar-refractivity contribution in [1.82, 2.24) is 0 Å². The molecule has 2 rings (SSSR count). The molecule has 0 heterocycles. The smallest absolute Gasteiger partial charge is 0.338 e. The van der Waals surface area contributed by atoms with Gasteiger partial charge < -0.3 is 4.74 Å². The molecule has 0 bridgehead atoms. The highest BCUT2D eigenvalue weighted by atomic mass is 16.5. The third-order valence-electron chi connectivity index (χ3n) is 4.63. The highest BCUT2D eigenvalue weighted by Gasteiger charge is 2.17. The summed E-state index contributed by atoms with van der Waals surface area (Å²) in [6, 6.07) is 18.9. The van der Waals surface area contributed by atoms with Crippen molar-refractivity contribution in [1.29, 1.82) is 5.26 Å². The number of carbonyl (C=O) groups excluding carboxylic acids is 1. The van der Waals surface area contributed by atoms with Gasteiger partial charge in [-0.2, -0.15) is 5.26 Å². The maximum atomic E-state index is 12.9. The molecule has 3 heteroatoms. The summed E-state index contributed by atoms with van der Waals surface area (Å²) in [5, 5.41) is 9.18. The first-order chi connectivity index (χ1) is 13.2. The molecule has 0 aliphatic carbocycles. The lowest BCUT2D eigenvalue weighted by molar-refractivity contribution is -0.138. The molecule has 140 valence electrons. The lowest BCUT2D eigenvalue weighted by atomic mass is 9.99. The molecule has 1 atom stereocenters. The van der Waals surface area contributed by atoms with Crippen molar-refractivity contribution in [2.45, 2.75) is 39.5 Å². The minimum absolute atomic E-state index is 0.344. The average molecular weight is 361 g/mol. The van der Waals surface area contributed by atoms with E-state index >= 15 is 0 Å². The molecule has 2 aromatic carbocycles. The third-order valence-corrected chi connectivity index (χ3v) is 4.63. The Kier molecular flexibility index (Phi) is 8.32. The van der Waals surface area contributed by atoms with E-state index in [-0.39, 0.29) is 5.97 Å². The Morgan fingerprint density at radius 3 is 2.59 bits per heavy atom. The fourth-order valence-corrected chi connectivity index (χ4v) is 2.90. The summed E-state index contributed by atoms with van der Waals surface area (Å²) in [6.45, 7) is 4.73. The van der Waals surface area contributed by atoms with Crippen LogP contribution in [0.25, 0.3) is 11.6 Å². The van der Waals surface area contributed by atoms with E-state index in [4.69, 9.17) is 4.74 Å². The minimum atomic E-state index is -0.344. The maximum Gasteiger partial charge on any atom is 0.338 e. The van der Waals surface area contributed by atoms with Crippen LogP contribution >= 0.6 is 0 Å². The van der Waals surface area contributed by atoms with Gasteiger partial charge in [0.05, 0.1) is 23.8 Å². The van der Waals surface area contributed by atoms with Gasteiger partial charge in [0.15, 0.2) is 0 Å². The molecule has 0 N–H and O–H groups in total. The average Bonchev–Trinajstić information content (AvgIpc) is 2.72. The summed E-state index contributed by atoms with van der Waals surface area (Å²) < 4.78 is 5.66. The number of hydrogen-bond donors (Lipinski definition) is 0. The summed E-state index contributed by atoms with van der Waals surface area (Å²) in [5.41, 5.74) is 2.62. The molecule has 3 nitrogen and oxygen atoms in total. The first kappa shape index (κ1) is 20.5. The van der Waals surface area contributed by atoms with Crippen LogP contribution in [0.1, 0.15) is 56.2 Å². The van der Waals surface area contributed by atoms with Gasteiger partial charge in [0, 0.05) is 0 Å². The zero-order chi connectivity index (χ0) is 19.5. The highest BCUT2D eigenvalue weighted by molar-refractivity contribution is 6.21. The summed E-state index contributed by atoms with van der Waals surface area (Å²) >= 11 is 0. The predicted molar refractivity (Wildman–Crippen MR) is 110 cm³/mol. The van der Waals surface area contributed by atoms with Crippen LogP contribution in [0, 0.1) is 17.2 Å². The van der Waals surface area contributed by atoms with Crippen LogP contribution in [0.2, 0.25) is 0 Å². The Balaban J connectivity index is 2.25. The Morgan fingerprint density at radius 2 is 1.93 bits per heavy atom. The standard InChI is InChI=1S/C24H27NO2/c1-3-5-10-19(4-2)18-27-24(26)23(16-20-11-7-6-8-12-20)22-14-9-13-21(15-22)17-25/h6-9,11-16,19H,3-5,10,18H2,1-2H3/b23-16-. The number of unbranched alkanes of at least 4 members (excludes halogenated alkanes) is 1. The second-order valence-corrected chi connectivity index (χ2v) is 6.68. The van der Waals surface area contributed by atoms with E-state index in [0.29, 0.717) is 29.2 Å². The number of nitriles is 1. The van der Waals surface area contributed by atoms with Gasteiger partial charge >= 0.3 is 5.97 Å². The predicted octanol–water partition coefficient (Wildman–Crippen LogP) is 5.86. The van der Waals surface area contributed by atoms with Gasteiger partial charge in [-0.25, -0.2) is 4.79 Å². The molecule has 2 aromatic rings. The van der Waals surface area contributed by atoms with Crippen molar-refractivity contribution in [3.8, 4) is 6.07 Å². The fourth-order valence-electron chi connectivity index (χ4n) is 2.90. The summed E-state index contributed by atoms with van der Waals surface area (Å²) in [7, 11) is 0. The number of ether oxygens (including phenoxy) is 1. The van der Waals surface area contributed by atoms with Crippen LogP contribution in [0.3, 0.4) is 0 Å². The van der Waals surface area contributed by atoms with Crippen LogP contribution in [-0.4, -0.2) is 12.6 Å². The van der Waals surface area contributed by atoms with Crippen LogP contribution in [0.5, 0.6) is 0 Å². The fraction of sp³-hybridized carbons (Fsp3) is 0.333. The normalized spacial score (nSPS) is 12.3. The molecule has 27 heavy (non-hydrogen) atoms. The van der Waals surface area contributed by atoms with Crippen molar-refractivity contribution < 1.29 is 9.53 Å². The Morgan fingerprint density at radius 1 is 1.15 bits per heavy atom. The number of benzene rings is 2. The van der Waals surface area contributed by atoms with Crippen molar-refractivity contribution in [3.63, 3.8) is 0 Å². The van der Waals surface area contributed by atoms with Crippen LogP contribution in [0.4, 0.5) is 0 Å². The van der Waals surface area contributed by atoms with Gasteiger partial charge in [0.2, 0.25) is 0 Å². The Labute approximate surface area is 162 Å². The third kappa shape index (κ3) is 6.42. The highest BCUT2D eigenvalue weighted by Crippen LogP contribution is 2.22. The number of rotatable bonds is 9. The number of hydrogen-bond acceptors (Lipinski definition) is 3. The molecule has 0 saturated carbocycles. The van der Waals surface area contributed by atoms with Gasteiger partial charge in [0.25, 0.3) is 0 Å². The number of carbonyl (C=O) groups is 1. The topological polar surface area (TPSA) is 50.1 Å². The molecule has 0 fully saturated rings. The van der Waals surface area contributed by atoms with Crippen molar-refractivity contribution in [2.24, 2.45) is 5.92 Å². The molecule has 0 aliphatic heterocycles. The first-order valence-corrected chi connectivity index (χ1v) is 9.62. The van der Waals surface area contributed by atoms with Gasteiger partial charge in [-0.05, 0) is 41.7 Å². The van der Waals surface area contributed by atoms with E-state index in [9.17, 15) is 10.1 Å². The zero-order valence-corrected chi connectivity index (χ0v) is 16.2. The number of esters is 1. The maximum absolute atomic E-state index is 12.9. The molecule has 1 unspecified atom stereocenters. The van der Waals surface area contributed by atoms with Crippen LogP contribution in [0.15, 0.2) is 54.6 Å². The second kappa shape index (κ2) is 11.0. The quantitative estimate of drug-likeness (QED) is 0.319. The van der Waals surface area contributed by atoms with Gasteiger partial charge in [-0.3, -0.25) is 0 Å². The minimum Gasteiger partial charge on any atom is -0.462 e. The summed E-state index contributed by atoms with van der Waals surface area (Å²) in [4.78, 5) is 12.9. The van der Waals surface area contributed by atoms with Crippen LogP contribution in [-0.2, 0) is 9.53 Å². The Bertz CT molecular complexity index is 803. The van der Waals surface area contributed by atoms with E-state index in [1.165, 1.54) is 0 Å². The summed E-state index contributed by atoms with van der Waals surface area (Å²) in [5.74, 6) is 0.0428. The van der Waals surface area contributed by atoms with Gasteiger partial charge in [-0.15, -0.1) is 0 Å². The zero-order valence-electron chi connectivity index (χ0n) is 16.2. The van der Waals surface area contributed by atoms with Gasteiger partial charge in [-0.1, -0.05) is 75.6 Å². The molecule has 0 amide bonds. The lowest BCUT2D eigenvalue weighted by Crippen LogP contribution is -2.15.